The van der Waals surface area contributed by atoms with Gasteiger partial charge in [-0.15, -0.1) is 0 Å². The molecule has 21 heavy (non-hydrogen) atoms. The molecule has 1 aromatic rings. The molecule has 3 N–H and O–H groups in total. The second kappa shape index (κ2) is 5.57. The Morgan fingerprint density at radius 1 is 1.57 bits per heavy atom. The number of hydrogen-bond donors (Lipinski definition) is 2. The molecule has 0 amide bonds. The van der Waals surface area contributed by atoms with E-state index in [1.807, 2.05) is 18.7 Å². The number of amidine groups is 1. The number of rotatable bonds is 3. The first kappa shape index (κ1) is 15.0. The van der Waals surface area contributed by atoms with Gasteiger partial charge in [0.25, 0.3) is 5.69 Å². The summed E-state index contributed by atoms with van der Waals surface area (Å²) in [5.74, 6) is -0.161. The second-order valence-electron chi connectivity index (χ2n) is 5.46. The summed E-state index contributed by atoms with van der Waals surface area (Å²) in [6.45, 7) is 5.51. The average molecular weight is 294 g/mol. The lowest BCUT2D eigenvalue weighted by molar-refractivity contribution is -0.384. The lowest BCUT2D eigenvalue weighted by atomic mass is 10.00. The van der Waals surface area contributed by atoms with Crippen LogP contribution in [-0.4, -0.2) is 41.3 Å². The van der Waals surface area contributed by atoms with Crippen LogP contribution < -0.4 is 10.6 Å². The highest BCUT2D eigenvalue weighted by atomic mass is 16.6. The smallest absolute Gasteiger partial charge is 0.293 e. The lowest BCUT2D eigenvalue weighted by Gasteiger charge is -2.43. The molecule has 8 nitrogen and oxygen atoms in total. The van der Waals surface area contributed by atoms with Gasteiger partial charge in [-0.25, -0.2) is 0 Å². The van der Waals surface area contributed by atoms with Gasteiger partial charge in [0, 0.05) is 18.2 Å². The zero-order valence-corrected chi connectivity index (χ0v) is 11.9. The first-order valence-electron chi connectivity index (χ1n) is 6.48. The van der Waals surface area contributed by atoms with E-state index < -0.39 is 4.92 Å². The highest BCUT2D eigenvalue weighted by Gasteiger charge is 2.34. The minimum absolute atomic E-state index is 0.0749. The highest BCUT2D eigenvalue weighted by Crippen LogP contribution is 2.35. The molecule has 0 spiro atoms. The third-order valence-corrected chi connectivity index (χ3v) is 3.51. The Balaban J connectivity index is 2.50. The molecular weight excluding hydrogens is 276 g/mol. The standard InChI is InChI=1S/C13H18N4O4/c1-13(2)8-21-6-5-16(13)10-4-3-9(12(14)15-18)7-11(10)17(19)20/h3-4,7,18H,5-6,8H2,1-2H3,(H2,14,15). The normalized spacial score (nSPS) is 18.6. The van der Waals surface area contributed by atoms with Crippen molar-refractivity contribution in [1.82, 2.24) is 0 Å². The van der Waals surface area contributed by atoms with Gasteiger partial charge < -0.3 is 20.6 Å². The third-order valence-electron chi connectivity index (χ3n) is 3.51. The summed E-state index contributed by atoms with van der Waals surface area (Å²) in [5.41, 5.74) is 5.88. The van der Waals surface area contributed by atoms with Gasteiger partial charge in [-0.1, -0.05) is 5.16 Å². The zero-order valence-electron chi connectivity index (χ0n) is 11.9. The van der Waals surface area contributed by atoms with Crippen molar-refractivity contribution in [2.24, 2.45) is 10.9 Å². The molecule has 0 unspecified atom stereocenters. The first-order valence-corrected chi connectivity index (χ1v) is 6.48. The predicted molar refractivity (Wildman–Crippen MR) is 77.9 cm³/mol. The van der Waals surface area contributed by atoms with E-state index in [1.54, 1.807) is 12.1 Å². The number of morpholine rings is 1. The van der Waals surface area contributed by atoms with E-state index >= 15 is 0 Å². The van der Waals surface area contributed by atoms with E-state index in [9.17, 15) is 10.1 Å². The van der Waals surface area contributed by atoms with Crippen molar-refractivity contribution in [1.29, 1.82) is 0 Å². The molecule has 1 heterocycles. The molecule has 0 aromatic heterocycles. The van der Waals surface area contributed by atoms with Gasteiger partial charge >= 0.3 is 0 Å². The minimum Gasteiger partial charge on any atom is -0.409 e. The van der Waals surface area contributed by atoms with Crippen LogP contribution in [-0.2, 0) is 4.74 Å². The topological polar surface area (TPSA) is 114 Å². The Morgan fingerprint density at radius 3 is 2.86 bits per heavy atom. The van der Waals surface area contributed by atoms with Crippen LogP contribution in [0.15, 0.2) is 23.4 Å². The first-order chi connectivity index (χ1) is 9.86. The molecule has 0 saturated carbocycles. The van der Waals surface area contributed by atoms with E-state index in [-0.39, 0.29) is 17.1 Å². The molecule has 0 atom stereocenters. The molecule has 0 bridgehead atoms. The van der Waals surface area contributed by atoms with Crippen LogP contribution in [0.1, 0.15) is 19.4 Å². The number of anilines is 1. The number of ether oxygens (including phenoxy) is 1. The van der Waals surface area contributed by atoms with Crippen LogP contribution >= 0.6 is 0 Å². The Labute approximate surface area is 121 Å². The van der Waals surface area contributed by atoms with Crippen molar-refractivity contribution in [2.75, 3.05) is 24.7 Å². The molecule has 1 fully saturated rings. The summed E-state index contributed by atoms with van der Waals surface area (Å²) in [5, 5.41) is 22.9. The number of nitro groups is 1. The number of nitrogens with two attached hydrogens (primary N) is 1. The Morgan fingerprint density at radius 2 is 2.29 bits per heavy atom. The van der Waals surface area contributed by atoms with Crippen LogP contribution in [0.25, 0.3) is 0 Å². The molecule has 1 aromatic carbocycles. The summed E-state index contributed by atoms with van der Waals surface area (Å²) >= 11 is 0. The SMILES string of the molecule is CC1(C)COCCN1c1ccc(C(N)=NO)cc1[N+](=O)[O-]. The average Bonchev–Trinajstić information content (AvgIpc) is 2.45. The van der Waals surface area contributed by atoms with E-state index in [4.69, 9.17) is 15.7 Å². The monoisotopic (exact) mass is 294 g/mol. The van der Waals surface area contributed by atoms with Crippen LogP contribution in [0.5, 0.6) is 0 Å². The molecule has 114 valence electrons. The van der Waals surface area contributed by atoms with E-state index in [0.29, 0.717) is 31.0 Å². The fourth-order valence-electron chi connectivity index (χ4n) is 2.42. The molecule has 1 aliphatic rings. The van der Waals surface area contributed by atoms with Gasteiger partial charge in [0.05, 0.1) is 23.7 Å². The Kier molecular flexibility index (Phi) is 3.99. The largest absolute Gasteiger partial charge is 0.409 e. The molecule has 8 heteroatoms. The maximum Gasteiger partial charge on any atom is 0.293 e. The van der Waals surface area contributed by atoms with E-state index in [0.717, 1.165) is 0 Å². The van der Waals surface area contributed by atoms with Gasteiger partial charge in [0.15, 0.2) is 5.84 Å². The lowest BCUT2D eigenvalue weighted by Crippen LogP contribution is -2.53. The highest BCUT2D eigenvalue weighted by molar-refractivity contribution is 5.98. The summed E-state index contributed by atoms with van der Waals surface area (Å²) in [7, 11) is 0. The molecular formula is C13H18N4O4. The van der Waals surface area contributed by atoms with Gasteiger partial charge in [0.1, 0.15) is 5.69 Å². The van der Waals surface area contributed by atoms with Crippen LogP contribution in [0.2, 0.25) is 0 Å². The Hall–Kier alpha value is -2.35. The van der Waals surface area contributed by atoms with Crippen LogP contribution in [0.3, 0.4) is 0 Å². The Bertz CT molecular complexity index is 586. The number of hydrogen-bond acceptors (Lipinski definition) is 6. The van der Waals surface area contributed by atoms with Crippen molar-refractivity contribution in [3.63, 3.8) is 0 Å². The minimum atomic E-state index is -0.463. The summed E-state index contributed by atoms with van der Waals surface area (Å²) in [6, 6.07) is 4.54. The summed E-state index contributed by atoms with van der Waals surface area (Å²) in [4.78, 5) is 12.8. The summed E-state index contributed by atoms with van der Waals surface area (Å²) in [6.07, 6.45) is 0. The fourth-order valence-corrected chi connectivity index (χ4v) is 2.42. The van der Waals surface area contributed by atoms with Gasteiger partial charge in [-0.3, -0.25) is 10.1 Å². The van der Waals surface area contributed by atoms with Crippen molar-refractivity contribution in [2.45, 2.75) is 19.4 Å². The zero-order chi connectivity index (χ0) is 15.6. The molecule has 0 radical (unpaired) electrons. The van der Waals surface area contributed by atoms with Crippen molar-refractivity contribution < 1.29 is 14.9 Å². The van der Waals surface area contributed by atoms with Gasteiger partial charge in [-0.05, 0) is 26.0 Å². The van der Waals surface area contributed by atoms with Gasteiger partial charge in [0.2, 0.25) is 0 Å². The third kappa shape index (κ3) is 2.89. The number of nitrogens with zero attached hydrogens (tertiary/aromatic N) is 3. The second-order valence-corrected chi connectivity index (χ2v) is 5.46. The van der Waals surface area contributed by atoms with Crippen LogP contribution in [0, 0.1) is 10.1 Å². The predicted octanol–water partition coefficient (Wildman–Crippen LogP) is 1.30. The quantitative estimate of drug-likeness (QED) is 0.285. The maximum absolute atomic E-state index is 11.3. The molecule has 0 aliphatic carbocycles. The van der Waals surface area contributed by atoms with Crippen LogP contribution in [0.4, 0.5) is 11.4 Å². The van der Waals surface area contributed by atoms with Crippen molar-refractivity contribution >= 4 is 17.2 Å². The van der Waals surface area contributed by atoms with E-state index in [2.05, 4.69) is 5.16 Å². The number of oxime groups is 1. The van der Waals surface area contributed by atoms with Gasteiger partial charge in [-0.2, -0.15) is 0 Å². The number of benzene rings is 1. The summed E-state index contributed by atoms with van der Waals surface area (Å²) < 4.78 is 5.43. The van der Waals surface area contributed by atoms with E-state index in [1.165, 1.54) is 6.07 Å². The van der Waals surface area contributed by atoms with Crippen molar-refractivity contribution in [3.05, 3.63) is 33.9 Å². The number of nitro benzene ring substituents is 1. The van der Waals surface area contributed by atoms with Crippen molar-refractivity contribution in [3.8, 4) is 0 Å². The fraction of sp³-hybridized carbons (Fsp3) is 0.462. The molecule has 1 aliphatic heterocycles. The maximum atomic E-state index is 11.3. The molecule has 2 rings (SSSR count). The molecule has 1 saturated heterocycles.